The summed E-state index contributed by atoms with van der Waals surface area (Å²) >= 11 is 1.63. The third-order valence-electron chi connectivity index (χ3n) is 4.84. The van der Waals surface area contributed by atoms with Gasteiger partial charge in [0.1, 0.15) is 5.75 Å². The van der Waals surface area contributed by atoms with Crippen molar-refractivity contribution < 1.29 is 27.4 Å². The second-order valence-corrected chi connectivity index (χ2v) is 8.92. The minimum atomic E-state index is -4.34. The molecule has 0 aromatic heterocycles. The molecule has 3 nitrogen and oxygen atoms in total. The summed E-state index contributed by atoms with van der Waals surface area (Å²) in [6.07, 6.45) is -4.34. The minimum absolute atomic E-state index is 0.293. The molecule has 0 unspecified atom stereocenters. The number of ether oxygens (including phenoxy) is 2. The number of esters is 1. The summed E-state index contributed by atoms with van der Waals surface area (Å²) in [6.45, 7) is 5.37. The maximum absolute atomic E-state index is 12.8. The maximum Gasteiger partial charge on any atom is 0.416 e. The number of carbonyl (C=O) groups is 1. The van der Waals surface area contributed by atoms with Crippen LogP contribution in [0.15, 0.2) is 77.7 Å². The lowest BCUT2D eigenvalue weighted by Crippen LogP contribution is -2.39. The first kappa shape index (κ1) is 24.7. The van der Waals surface area contributed by atoms with Gasteiger partial charge in [0, 0.05) is 10.6 Å². The number of hydrogen-bond acceptors (Lipinski definition) is 4. The number of hydrogen-bond donors (Lipinski definition) is 0. The van der Waals surface area contributed by atoms with Crippen molar-refractivity contribution in [1.29, 1.82) is 0 Å². The van der Waals surface area contributed by atoms with E-state index in [9.17, 15) is 18.0 Å². The van der Waals surface area contributed by atoms with Crippen LogP contribution in [0.4, 0.5) is 13.2 Å². The van der Waals surface area contributed by atoms with E-state index in [2.05, 4.69) is 0 Å². The number of alkyl halides is 3. The molecule has 0 saturated carbocycles. The van der Waals surface area contributed by atoms with E-state index < -0.39 is 23.3 Å². The van der Waals surface area contributed by atoms with Crippen molar-refractivity contribution in [3.8, 4) is 16.9 Å². The monoisotopic (exact) mass is 474 g/mol. The number of carbonyl (C=O) groups excluding carboxylic acids is 1. The third kappa shape index (κ3) is 6.78. The van der Waals surface area contributed by atoms with E-state index in [1.54, 1.807) is 32.5 Å². The summed E-state index contributed by atoms with van der Waals surface area (Å²) in [4.78, 5) is 13.0. The molecule has 0 bridgehead atoms. The largest absolute Gasteiger partial charge is 0.476 e. The molecule has 0 amide bonds. The fraction of sp³-hybridized carbons (Fsp3) is 0.269. The van der Waals surface area contributed by atoms with Crippen LogP contribution in [0.2, 0.25) is 0 Å². The average molecular weight is 475 g/mol. The molecule has 0 aliphatic heterocycles. The molecular weight excluding hydrogens is 449 g/mol. The Bertz CT molecular complexity index is 1080. The van der Waals surface area contributed by atoms with Crippen LogP contribution in [0.1, 0.15) is 31.9 Å². The Labute approximate surface area is 195 Å². The van der Waals surface area contributed by atoms with E-state index in [-0.39, 0.29) is 0 Å². The van der Waals surface area contributed by atoms with Crippen LogP contribution in [0.25, 0.3) is 11.1 Å². The van der Waals surface area contributed by atoms with Crippen molar-refractivity contribution in [3.63, 3.8) is 0 Å². The van der Waals surface area contributed by atoms with Crippen molar-refractivity contribution in [2.45, 2.75) is 43.2 Å². The quantitative estimate of drug-likeness (QED) is 0.252. The third-order valence-corrected chi connectivity index (χ3v) is 5.92. The Morgan fingerprint density at radius 1 is 0.909 bits per heavy atom. The Balaban J connectivity index is 1.62. The van der Waals surface area contributed by atoms with Crippen LogP contribution < -0.4 is 4.74 Å². The van der Waals surface area contributed by atoms with Gasteiger partial charge in [0.2, 0.25) is 0 Å². The highest BCUT2D eigenvalue weighted by Crippen LogP contribution is 2.32. The minimum Gasteiger partial charge on any atom is -0.476 e. The van der Waals surface area contributed by atoms with Gasteiger partial charge >= 0.3 is 12.1 Å². The number of benzene rings is 3. The van der Waals surface area contributed by atoms with Gasteiger partial charge in [-0.25, -0.2) is 4.79 Å². The smallest absolute Gasteiger partial charge is 0.416 e. The lowest BCUT2D eigenvalue weighted by Gasteiger charge is -2.24. The lowest BCUT2D eigenvalue weighted by molar-refractivity contribution is -0.158. The molecule has 0 atom stereocenters. The highest BCUT2D eigenvalue weighted by atomic mass is 32.2. The zero-order valence-corrected chi connectivity index (χ0v) is 19.4. The molecule has 0 aliphatic rings. The predicted molar refractivity (Wildman–Crippen MR) is 124 cm³/mol. The molecule has 0 heterocycles. The fourth-order valence-corrected chi connectivity index (χ4v) is 3.95. The zero-order chi connectivity index (χ0) is 24.1. The first-order chi connectivity index (χ1) is 15.6. The zero-order valence-electron chi connectivity index (χ0n) is 18.6. The highest BCUT2D eigenvalue weighted by molar-refractivity contribution is 7.98. The van der Waals surface area contributed by atoms with Crippen LogP contribution in [0.5, 0.6) is 5.75 Å². The summed E-state index contributed by atoms with van der Waals surface area (Å²) in [6, 6.07) is 20.4. The molecule has 0 saturated heterocycles. The highest BCUT2D eigenvalue weighted by Gasteiger charge is 2.31. The standard InChI is InChI=1S/C26H25F3O3S/c1-4-31-24(30)25(2,3)32-22-12-14-23(15-13-22)33-17-18-6-5-7-20(16-18)19-8-10-21(11-9-19)26(27,28)29/h5-16H,4,17H2,1-3H3. The van der Waals surface area contributed by atoms with E-state index in [0.29, 0.717) is 18.1 Å². The van der Waals surface area contributed by atoms with Crippen LogP contribution in [-0.2, 0) is 21.5 Å². The van der Waals surface area contributed by atoms with Crippen LogP contribution in [-0.4, -0.2) is 18.2 Å². The van der Waals surface area contributed by atoms with Gasteiger partial charge in [-0.05, 0) is 73.9 Å². The van der Waals surface area contributed by atoms with Crippen molar-refractivity contribution >= 4 is 17.7 Å². The molecule has 0 spiro atoms. The van der Waals surface area contributed by atoms with Crippen LogP contribution in [0.3, 0.4) is 0 Å². The Morgan fingerprint density at radius 2 is 1.58 bits per heavy atom. The fourth-order valence-electron chi connectivity index (χ4n) is 3.10. The lowest BCUT2D eigenvalue weighted by atomic mass is 10.0. The Hall–Kier alpha value is -2.93. The summed E-state index contributed by atoms with van der Waals surface area (Å²) in [5, 5.41) is 0. The van der Waals surface area contributed by atoms with Gasteiger partial charge < -0.3 is 9.47 Å². The van der Waals surface area contributed by atoms with E-state index in [1.807, 2.05) is 48.5 Å². The molecule has 3 rings (SSSR count). The number of halogens is 3. The van der Waals surface area contributed by atoms with Gasteiger partial charge in [0.05, 0.1) is 12.2 Å². The molecule has 0 N–H and O–H groups in total. The summed E-state index contributed by atoms with van der Waals surface area (Å²) in [7, 11) is 0. The summed E-state index contributed by atoms with van der Waals surface area (Å²) in [5.74, 6) is 0.848. The van der Waals surface area contributed by atoms with E-state index in [1.165, 1.54) is 12.1 Å². The first-order valence-electron chi connectivity index (χ1n) is 10.4. The van der Waals surface area contributed by atoms with E-state index in [0.717, 1.165) is 33.7 Å². The molecule has 3 aromatic carbocycles. The van der Waals surface area contributed by atoms with Gasteiger partial charge in [0.15, 0.2) is 5.60 Å². The SMILES string of the molecule is CCOC(=O)C(C)(C)Oc1ccc(SCc2cccc(-c3ccc(C(F)(F)F)cc3)c2)cc1. The van der Waals surface area contributed by atoms with E-state index in [4.69, 9.17) is 9.47 Å². The second-order valence-electron chi connectivity index (χ2n) is 7.87. The van der Waals surface area contributed by atoms with Gasteiger partial charge in [-0.15, -0.1) is 11.8 Å². The molecule has 33 heavy (non-hydrogen) atoms. The van der Waals surface area contributed by atoms with Crippen LogP contribution >= 0.6 is 11.8 Å². The molecule has 0 fully saturated rings. The predicted octanol–water partition coefficient (Wildman–Crippen LogP) is 7.39. The first-order valence-corrected chi connectivity index (χ1v) is 11.4. The molecule has 3 aromatic rings. The second kappa shape index (κ2) is 10.3. The van der Waals surface area contributed by atoms with Crippen molar-refractivity contribution in [3.05, 3.63) is 83.9 Å². The van der Waals surface area contributed by atoms with Gasteiger partial charge in [0.25, 0.3) is 0 Å². The van der Waals surface area contributed by atoms with Gasteiger partial charge in [-0.2, -0.15) is 13.2 Å². The van der Waals surface area contributed by atoms with Gasteiger partial charge in [-0.3, -0.25) is 0 Å². The van der Waals surface area contributed by atoms with Gasteiger partial charge in [-0.1, -0.05) is 36.4 Å². The van der Waals surface area contributed by atoms with Crippen molar-refractivity contribution in [2.24, 2.45) is 0 Å². The summed E-state index contributed by atoms with van der Waals surface area (Å²) < 4.78 is 49.2. The molecule has 174 valence electrons. The topological polar surface area (TPSA) is 35.5 Å². The number of rotatable bonds is 8. The normalized spacial score (nSPS) is 11.8. The van der Waals surface area contributed by atoms with Crippen molar-refractivity contribution in [2.75, 3.05) is 6.61 Å². The maximum atomic E-state index is 12.8. The molecule has 0 aliphatic carbocycles. The molecule has 0 radical (unpaired) electrons. The summed E-state index contributed by atoms with van der Waals surface area (Å²) in [5.41, 5.74) is 0.924. The van der Waals surface area contributed by atoms with E-state index >= 15 is 0 Å². The number of thioether (sulfide) groups is 1. The van der Waals surface area contributed by atoms with Crippen LogP contribution in [0, 0.1) is 0 Å². The Kier molecular flexibility index (Phi) is 7.74. The average Bonchev–Trinajstić information content (AvgIpc) is 2.78. The molecule has 7 heteroatoms. The Morgan fingerprint density at radius 3 is 2.18 bits per heavy atom. The molecular formula is C26H25F3O3S. The van der Waals surface area contributed by atoms with Crippen molar-refractivity contribution in [1.82, 2.24) is 0 Å².